The van der Waals surface area contributed by atoms with Crippen LogP contribution in [0.15, 0.2) is 23.2 Å². The molecule has 1 saturated carbocycles. The Morgan fingerprint density at radius 3 is 2.75 bits per heavy atom. The van der Waals surface area contributed by atoms with Crippen LogP contribution < -0.4 is 14.8 Å². The molecule has 0 atom stereocenters. The SMILES string of the molecule is CCNC(=NCC1(c2ccc3c(c2)OCO3)CC1)N(C)CCC1CCOCC1. The number of hydrogen-bond acceptors (Lipinski definition) is 4. The maximum absolute atomic E-state index is 5.57. The molecule has 1 aliphatic carbocycles. The van der Waals surface area contributed by atoms with Crippen molar-refractivity contribution in [2.45, 2.75) is 44.4 Å². The van der Waals surface area contributed by atoms with E-state index >= 15 is 0 Å². The van der Waals surface area contributed by atoms with Crippen LogP contribution in [0.2, 0.25) is 0 Å². The molecule has 2 heterocycles. The molecule has 1 aromatic rings. The molecule has 3 aliphatic rings. The molecular weight excluding hydrogens is 354 g/mol. The zero-order valence-corrected chi connectivity index (χ0v) is 17.2. The number of benzene rings is 1. The summed E-state index contributed by atoms with van der Waals surface area (Å²) in [5, 5.41) is 3.47. The van der Waals surface area contributed by atoms with Crippen LogP contribution >= 0.6 is 0 Å². The summed E-state index contributed by atoms with van der Waals surface area (Å²) < 4.78 is 16.5. The van der Waals surface area contributed by atoms with E-state index in [0.717, 1.165) is 56.2 Å². The average molecular weight is 388 g/mol. The zero-order valence-electron chi connectivity index (χ0n) is 17.2. The van der Waals surface area contributed by atoms with Crippen LogP contribution in [0.3, 0.4) is 0 Å². The molecule has 154 valence electrons. The van der Waals surface area contributed by atoms with Crippen LogP contribution in [0.1, 0.15) is 44.6 Å². The first-order valence-corrected chi connectivity index (χ1v) is 10.7. The summed E-state index contributed by atoms with van der Waals surface area (Å²) in [6, 6.07) is 6.36. The van der Waals surface area contributed by atoms with Crippen molar-refractivity contribution in [1.82, 2.24) is 10.2 Å². The number of nitrogens with zero attached hydrogens (tertiary/aromatic N) is 2. The number of nitrogens with one attached hydrogen (secondary N) is 1. The molecule has 4 rings (SSSR count). The van der Waals surface area contributed by atoms with E-state index in [9.17, 15) is 0 Å². The van der Waals surface area contributed by atoms with Gasteiger partial charge in [-0.3, -0.25) is 4.99 Å². The third kappa shape index (κ3) is 4.37. The van der Waals surface area contributed by atoms with Gasteiger partial charge in [-0.15, -0.1) is 0 Å². The van der Waals surface area contributed by atoms with Gasteiger partial charge in [0.2, 0.25) is 6.79 Å². The van der Waals surface area contributed by atoms with Crippen LogP contribution in [-0.2, 0) is 10.2 Å². The van der Waals surface area contributed by atoms with Crippen molar-refractivity contribution in [2.75, 3.05) is 46.7 Å². The highest BCUT2D eigenvalue weighted by molar-refractivity contribution is 5.79. The van der Waals surface area contributed by atoms with Gasteiger partial charge in [0.15, 0.2) is 17.5 Å². The lowest BCUT2D eigenvalue weighted by Gasteiger charge is -2.27. The Morgan fingerprint density at radius 2 is 2.00 bits per heavy atom. The quantitative estimate of drug-likeness (QED) is 0.575. The van der Waals surface area contributed by atoms with Crippen molar-refractivity contribution >= 4 is 5.96 Å². The normalized spacial score (nSPS) is 20.9. The lowest BCUT2D eigenvalue weighted by molar-refractivity contribution is 0.0625. The maximum atomic E-state index is 5.57. The molecule has 0 unspecified atom stereocenters. The van der Waals surface area contributed by atoms with Gasteiger partial charge in [0.1, 0.15) is 0 Å². The third-order valence-corrected chi connectivity index (χ3v) is 6.28. The Morgan fingerprint density at radius 1 is 1.21 bits per heavy atom. The molecule has 0 amide bonds. The second-order valence-corrected chi connectivity index (χ2v) is 8.28. The summed E-state index contributed by atoms with van der Waals surface area (Å²) in [7, 11) is 2.15. The summed E-state index contributed by atoms with van der Waals surface area (Å²) in [5.74, 6) is 3.52. The summed E-state index contributed by atoms with van der Waals surface area (Å²) in [6.07, 6.45) is 5.95. The number of hydrogen-bond donors (Lipinski definition) is 1. The summed E-state index contributed by atoms with van der Waals surface area (Å²) >= 11 is 0. The second-order valence-electron chi connectivity index (χ2n) is 8.28. The first-order valence-electron chi connectivity index (χ1n) is 10.7. The maximum Gasteiger partial charge on any atom is 0.231 e. The van der Waals surface area contributed by atoms with E-state index in [1.54, 1.807) is 0 Å². The molecule has 28 heavy (non-hydrogen) atoms. The smallest absolute Gasteiger partial charge is 0.231 e. The molecule has 0 spiro atoms. The fraction of sp³-hybridized carbons (Fsp3) is 0.682. The summed E-state index contributed by atoms with van der Waals surface area (Å²) in [6.45, 7) is 7.03. The van der Waals surface area contributed by atoms with Crippen molar-refractivity contribution < 1.29 is 14.2 Å². The van der Waals surface area contributed by atoms with E-state index in [1.807, 2.05) is 6.07 Å². The highest BCUT2D eigenvalue weighted by atomic mass is 16.7. The highest BCUT2D eigenvalue weighted by Gasteiger charge is 2.44. The first-order chi connectivity index (χ1) is 13.7. The molecule has 0 aromatic heterocycles. The zero-order chi connectivity index (χ0) is 19.4. The standard InChI is InChI=1S/C22H33N3O3/c1-3-23-21(25(2)11-6-17-7-12-26-13-8-17)24-15-22(9-10-22)18-4-5-19-20(14-18)28-16-27-19/h4-5,14,17H,3,6-13,15-16H2,1-2H3,(H,23,24). The molecule has 0 bridgehead atoms. The Balaban J connectivity index is 1.38. The molecule has 6 heteroatoms. The Bertz CT molecular complexity index is 696. The van der Waals surface area contributed by atoms with Gasteiger partial charge in [-0.2, -0.15) is 0 Å². The topological polar surface area (TPSA) is 55.3 Å². The van der Waals surface area contributed by atoms with Crippen LogP contribution in [0.4, 0.5) is 0 Å². The van der Waals surface area contributed by atoms with Crippen molar-refractivity contribution in [3.63, 3.8) is 0 Å². The number of aliphatic imine (C=N–C) groups is 1. The van der Waals surface area contributed by atoms with Gasteiger partial charge in [0, 0.05) is 38.8 Å². The Hall–Kier alpha value is -1.95. The van der Waals surface area contributed by atoms with Gasteiger partial charge < -0.3 is 24.4 Å². The number of ether oxygens (including phenoxy) is 3. The van der Waals surface area contributed by atoms with Crippen LogP contribution in [-0.4, -0.2) is 57.5 Å². The van der Waals surface area contributed by atoms with Crippen LogP contribution in [0.5, 0.6) is 11.5 Å². The monoisotopic (exact) mass is 387 g/mol. The Labute approximate surface area is 168 Å². The molecule has 1 N–H and O–H groups in total. The fourth-order valence-electron chi connectivity index (χ4n) is 4.13. The van der Waals surface area contributed by atoms with Crippen molar-refractivity contribution in [3.8, 4) is 11.5 Å². The summed E-state index contributed by atoms with van der Waals surface area (Å²) in [4.78, 5) is 7.30. The minimum absolute atomic E-state index is 0.156. The molecule has 1 aromatic carbocycles. The number of fused-ring (bicyclic) bond motifs is 1. The van der Waals surface area contributed by atoms with E-state index < -0.39 is 0 Å². The van der Waals surface area contributed by atoms with E-state index in [2.05, 4.69) is 36.3 Å². The highest BCUT2D eigenvalue weighted by Crippen LogP contribution is 2.50. The lowest BCUT2D eigenvalue weighted by Crippen LogP contribution is -2.40. The minimum Gasteiger partial charge on any atom is -0.454 e. The van der Waals surface area contributed by atoms with Crippen molar-refractivity contribution in [3.05, 3.63) is 23.8 Å². The third-order valence-electron chi connectivity index (χ3n) is 6.28. The van der Waals surface area contributed by atoms with Gasteiger partial charge >= 0.3 is 0 Å². The van der Waals surface area contributed by atoms with Gasteiger partial charge in [-0.1, -0.05) is 6.07 Å². The molecule has 1 saturated heterocycles. The Kier molecular flexibility index (Phi) is 5.95. The summed E-state index contributed by atoms with van der Waals surface area (Å²) in [5.41, 5.74) is 1.48. The molecule has 2 fully saturated rings. The molecule has 0 radical (unpaired) electrons. The second kappa shape index (κ2) is 8.60. The predicted molar refractivity (Wildman–Crippen MR) is 110 cm³/mol. The van der Waals surface area contributed by atoms with Crippen LogP contribution in [0.25, 0.3) is 0 Å². The van der Waals surface area contributed by atoms with Gasteiger partial charge in [-0.25, -0.2) is 0 Å². The van der Waals surface area contributed by atoms with E-state index in [4.69, 9.17) is 19.2 Å². The largest absolute Gasteiger partial charge is 0.454 e. The minimum atomic E-state index is 0.156. The van der Waals surface area contributed by atoms with E-state index in [1.165, 1.54) is 37.7 Å². The average Bonchev–Trinajstić information content (AvgIpc) is 3.38. The van der Waals surface area contributed by atoms with Gasteiger partial charge in [-0.05, 0) is 62.6 Å². The molecular formula is C22H33N3O3. The van der Waals surface area contributed by atoms with Gasteiger partial charge in [0.25, 0.3) is 0 Å². The lowest BCUT2D eigenvalue weighted by atomic mass is 9.95. The number of rotatable bonds is 7. The van der Waals surface area contributed by atoms with Crippen molar-refractivity contribution in [1.29, 1.82) is 0 Å². The fourth-order valence-corrected chi connectivity index (χ4v) is 4.13. The van der Waals surface area contributed by atoms with Gasteiger partial charge in [0.05, 0.1) is 6.54 Å². The first kappa shape index (κ1) is 19.4. The van der Waals surface area contributed by atoms with E-state index in [-0.39, 0.29) is 5.41 Å². The van der Waals surface area contributed by atoms with Crippen LogP contribution in [0, 0.1) is 5.92 Å². The predicted octanol–water partition coefficient (Wildman–Crippen LogP) is 3.16. The van der Waals surface area contributed by atoms with E-state index in [0.29, 0.717) is 6.79 Å². The molecule has 2 aliphatic heterocycles. The number of guanidine groups is 1. The molecule has 6 nitrogen and oxygen atoms in total. The van der Waals surface area contributed by atoms with Crippen molar-refractivity contribution in [2.24, 2.45) is 10.9 Å².